The van der Waals surface area contributed by atoms with Crippen LogP contribution in [0.4, 0.5) is 0 Å². The average molecular weight is 393 g/mol. The lowest BCUT2D eigenvalue weighted by molar-refractivity contribution is 0.329. The van der Waals surface area contributed by atoms with Gasteiger partial charge in [0.25, 0.3) is 8.32 Å². The quantitative estimate of drug-likeness (QED) is 0.330. The third kappa shape index (κ3) is 5.45. The molecule has 0 saturated heterocycles. The fraction of sp³-hybridized carbons (Fsp3) is 0.360. The van der Waals surface area contributed by atoms with Crippen LogP contribution >= 0.6 is 0 Å². The molecule has 0 radical (unpaired) electrons. The molecule has 2 rings (SSSR count). The van der Waals surface area contributed by atoms with Crippen LogP contribution in [-0.4, -0.2) is 26.6 Å². The first-order chi connectivity index (χ1) is 13.4. The highest BCUT2D eigenvalue weighted by molar-refractivity contribution is 6.99. The van der Waals surface area contributed by atoms with Crippen LogP contribution in [-0.2, 0) is 4.43 Å². The highest BCUT2D eigenvalue weighted by atomic mass is 28.4. The van der Waals surface area contributed by atoms with Crippen molar-refractivity contribution in [2.24, 2.45) is 0 Å². The summed E-state index contributed by atoms with van der Waals surface area (Å²) < 4.78 is 6.90. The second kappa shape index (κ2) is 10.4. The van der Waals surface area contributed by atoms with E-state index in [1.54, 1.807) is 0 Å². The van der Waals surface area contributed by atoms with Gasteiger partial charge in [-0.2, -0.15) is 0 Å². The Labute approximate surface area is 171 Å². The fourth-order valence-corrected chi connectivity index (χ4v) is 8.18. The molecule has 2 aromatic rings. The lowest BCUT2D eigenvalue weighted by Crippen LogP contribution is -2.66. The number of rotatable bonds is 7. The van der Waals surface area contributed by atoms with Crippen molar-refractivity contribution in [3.8, 4) is 11.8 Å². The molecule has 0 bridgehead atoms. The molecule has 28 heavy (non-hydrogen) atoms. The Morgan fingerprint density at radius 3 is 1.96 bits per heavy atom. The third-order valence-corrected chi connectivity index (χ3v) is 9.88. The molecule has 148 valence electrons. The highest BCUT2D eigenvalue weighted by Crippen LogP contribution is 2.36. The lowest BCUT2D eigenvalue weighted by Gasteiger charge is -2.43. The van der Waals surface area contributed by atoms with Gasteiger partial charge in [-0.25, -0.2) is 0 Å². The van der Waals surface area contributed by atoms with E-state index in [2.05, 4.69) is 106 Å². The SMILES string of the molecule is CC(=CCCC#CCO)CO[Si](c1ccccc1)(c1ccccc1)C(C)(C)C. The number of unbranched alkanes of at least 4 members (excludes halogenated alkanes) is 1. The first kappa shape index (κ1) is 22.2. The van der Waals surface area contributed by atoms with Crippen LogP contribution in [0.3, 0.4) is 0 Å². The first-order valence-corrected chi connectivity index (χ1v) is 11.8. The minimum atomic E-state index is -2.47. The predicted molar refractivity (Wildman–Crippen MR) is 121 cm³/mol. The van der Waals surface area contributed by atoms with Crippen molar-refractivity contribution >= 4 is 18.7 Å². The van der Waals surface area contributed by atoms with Crippen molar-refractivity contribution in [3.63, 3.8) is 0 Å². The van der Waals surface area contributed by atoms with Gasteiger partial charge >= 0.3 is 0 Å². The normalized spacial score (nSPS) is 12.4. The summed E-state index contributed by atoms with van der Waals surface area (Å²) >= 11 is 0. The molecule has 0 aliphatic rings. The number of benzene rings is 2. The summed E-state index contributed by atoms with van der Waals surface area (Å²) in [5.41, 5.74) is 1.22. The van der Waals surface area contributed by atoms with Gasteiger partial charge in [-0.05, 0) is 28.8 Å². The Kier molecular flexibility index (Phi) is 8.26. The van der Waals surface area contributed by atoms with Crippen molar-refractivity contribution in [3.05, 3.63) is 72.3 Å². The van der Waals surface area contributed by atoms with Gasteiger partial charge in [0.05, 0.1) is 6.61 Å². The van der Waals surface area contributed by atoms with E-state index in [0.717, 1.165) is 12.8 Å². The largest absolute Gasteiger partial charge is 0.403 e. The topological polar surface area (TPSA) is 29.5 Å². The van der Waals surface area contributed by atoms with Gasteiger partial charge in [-0.3, -0.25) is 0 Å². The molecular formula is C25H32O2Si. The predicted octanol–water partition coefficient (Wildman–Crippen LogP) is 4.29. The van der Waals surface area contributed by atoms with E-state index in [1.165, 1.54) is 15.9 Å². The molecule has 0 aliphatic heterocycles. The van der Waals surface area contributed by atoms with E-state index < -0.39 is 8.32 Å². The zero-order valence-electron chi connectivity index (χ0n) is 17.5. The second-order valence-electron chi connectivity index (χ2n) is 8.05. The van der Waals surface area contributed by atoms with Crippen molar-refractivity contribution in [1.29, 1.82) is 0 Å². The molecule has 1 N–H and O–H groups in total. The minimum Gasteiger partial charge on any atom is -0.403 e. The summed E-state index contributed by atoms with van der Waals surface area (Å²) in [6.45, 7) is 9.55. The molecule has 0 aliphatic carbocycles. The van der Waals surface area contributed by atoms with Crippen molar-refractivity contribution < 1.29 is 9.53 Å². The summed E-state index contributed by atoms with van der Waals surface area (Å²) in [4.78, 5) is 0. The zero-order valence-corrected chi connectivity index (χ0v) is 18.5. The fourth-order valence-electron chi connectivity index (χ4n) is 3.58. The van der Waals surface area contributed by atoms with Crippen LogP contribution in [0.25, 0.3) is 0 Å². The number of allylic oxidation sites excluding steroid dienone is 1. The van der Waals surface area contributed by atoms with Gasteiger partial charge in [-0.1, -0.05) is 99.0 Å². The van der Waals surface area contributed by atoms with E-state index in [1.807, 2.05) is 0 Å². The summed E-state index contributed by atoms with van der Waals surface area (Å²) in [5, 5.41) is 11.3. The maximum absolute atomic E-state index is 8.74. The number of aliphatic hydroxyl groups is 1. The first-order valence-electron chi connectivity index (χ1n) is 9.89. The monoisotopic (exact) mass is 392 g/mol. The molecule has 0 amide bonds. The van der Waals surface area contributed by atoms with Crippen LogP contribution in [0.15, 0.2) is 72.3 Å². The summed E-state index contributed by atoms with van der Waals surface area (Å²) in [7, 11) is -2.47. The van der Waals surface area contributed by atoms with E-state index >= 15 is 0 Å². The van der Waals surface area contributed by atoms with Gasteiger partial charge in [0, 0.05) is 6.42 Å². The number of hydrogen-bond acceptors (Lipinski definition) is 2. The van der Waals surface area contributed by atoms with E-state index in [0.29, 0.717) is 6.61 Å². The smallest absolute Gasteiger partial charge is 0.261 e. The lowest BCUT2D eigenvalue weighted by atomic mass is 10.2. The molecule has 0 fully saturated rings. The van der Waals surface area contributed by atoms with Crippen LogP contribution in [0, 0.1) is 11.8 Å². The Morgan fingerprint density at radius 2 is 1.50 bits per heavy atom. The summed E-state index contributed by atoms with van der Waals surface area (Å²) in [5.74, 6) is 5.66. The maximum Gasteiger partial charge on any atom is 0.261 e. The van der Waals surface area contributed by atoms with Crippen LogP contribution in [0.1, 0.15) is 40.5 Å². The molecule has 0 aromatic heterocycles. The maximum atomic E-state index is 8.74. The van der Waals surface area contributed by atoms with Crippen molar-refractivity contribution in [2.75, 3.05) is 13.2 Å². The van der Waals surface area contributed by atoms with Crippen LogP contribution in [0.2, 0.25) is 5.04 Å². The van der Waals surface area contributed by atoms with Crippen molar-refractivity contribution in [1.82, 2.24) is 0 Å². The molecule has 0 heterocycles. The average Bonchev–Trinajstić information content (AvgIpc) is 2.69. The molecule has 0 spiro atoms. The Morgan fingerprint density at radius 1 is 0.964 bits per heavy atom. The minimum absolute atomic E-state index is 0.0113. The third-order valence-electron chi connectivity index (χ3n) is 4.90. The standard InChI is InChI=1S/C25H32O2Si/c1-22(15-9-5-6-14-20-26)21-27-28(25(2,3)4,23-16-10-7-11-17-23)24-18-12-8-13-19-24/h7-8,10-13,15-19,26H,5,9,20-21H2,1-4H3. The number of hydrogen-bond donors (Lipinski definition) is 1. The Hall–Kier alpha value is -2.12. The second-order valence-corrected chi connectivity index (χ2v) is 12.4. The molecule has 0 saturated carbocycles. The van der Waals surface area contributed by atoms with E-state index in [4.69, 9.17) is 9.53 Å². The van der Waals surface area contributed by atoms with E-state index in [-0.39, 0.29) is 11.6 Å². The van der Waals surface area contributed by atoms with Gasteiger partial charge in [-0.15, -0.1) is 5.92 Å². The summed E-state index contributed by atoms with van der Waals surface area (Å²) in [6.07, 6.45) is 3.84. The van der Waals surface area contributed by atoms with E-state index in [9.17, 15) is 0 Å². The Bertz CT molecular complexity index is 769. The van der Waals surface area contributed by atoms with Gasteiger partial charge in [0.2, 0.25) is 0 Å². The zero-order chi connectivity index (χ0) is 20.5. The van der Waals surface area contributed by atoms with Crippen LogP contribution < -0.4 is 10.4 Å². The Balaban J connectivity index is 2.35. The van der Waals surface area contributed by atoms with Gasteiger partial charge < -0.3 is 9.53 Å². The highest BCUT2D eigenvalue weighted by Gasteiger charge is 2.50. The molecule has 0 unspecified atom stereocenters. The van der Waals surface area contributed by atoms with Crippen molar-refractivity contribution in [2.45, 2.75) is 45.6 Å². The van der Waals surface area contributed by atoms with Crippen LogP contribution in [0.5, 0.6) is 0 Å². The summed E-state index contributed by atoms with van der Waals surface area (Å²) in [6, 6.07) is 21.4. The van der Waals surface area contributed by atoms with Gasteiger partial charge in [0.1, 0.15) is 6.61 Å². The molecule has 2 aromatic carbocycles. The van der Waals surface area contributed by atoms with Gasteiger partial charge in [0.15, 0.2) is 0 Å². The molecule has 2 nitrogen and oxygen atoms in total. The number of aliphatic hydroxyl groups excluding tert-OH is 1. The molecular weight excluding hydrogens is 360 g/mol. The molecule has 3 heteroatoms. The molecule has 0 atom stereocenters.